The Morgan fingerprint density at radius 2 is 2.00 bits per heavy atom. The van der Waals surface area contributed by atoms with E-state index in [1.807, 2.05) is 0 Å². The van der Waals surface area contributed by atoms with Crippen LogP contribution in [0, 0.1) is 13.8 Å². The van der Waals surface area contributed by atoms with Gasteiger partial charge in [-0.2, -0.15) is 0 Å². The van der Waals surface area contributed by atoms with Gasteiger partial charge in [-0.3, -0.25) is 4.99 Å². The van der Waals surface area contributed by atoms with E-state index < -0.39 is 0 Å². The smallest absolute Gasteiger partial charge is 0.191 e. The van der Waals surface area contributed by atoms with Crippen LogP contribution in [0.2, 0.25) is 0 Å². The van der Waals surface area contributed by atoms with Crippen molar-refractivity contribution in [2.45, 2.75) is 20.4 Å². The Hall–Kier alpha value is -1.51. The third-order valence-corrected chi connectivity index (χ3v) is 2.42. The third-order valence-electron chi connectivity index (χ3n) is 2.42. The van der Waals surface area contributed by atoms with Gasteiger partial charge in [-0.05, 0) is 19.4 Å². The van der Waals surface area contributed by atoms with Crippen molar-refractivity contribution in [1.29, 1.82) is 0 Å². The van der Waals surface area contributed by atoms with Crippen LogP contribution in [0.3, 0.4) is 0 Å². The minimum absolute atomic E-state index is 0.842. The second-order valence-corrected chi connectivity index (χ2v) is 4.01. The zero-order chi connectivity index (χ0) is 10.7. The predicted octanol–water partition coefficient (Wildman–Crippen LogP) is 1.35. The van der Waals surface area contributed by atoms with Crippen LogP contribution in [-0.4, -0.2) is 19.0 Å². The average molecular weight is 203 g/mol. The van der Waals surface area contributed by atoms with Crippen molar-refractivity contribution >= 4 is 5.96 Å². The average Bonchev–Trinajstić information content (AvgIpc) is 2.65. The Labute approximate surface area is 90.6 Å². The standard InChI is InChI=1S/C12H17N3/c1-9-5-10(2)7-11(6-9)8-15-12-13-3-4-14-12/h5-7H,3-4,8H2,1-2H3,(H2,13,14,15). The largest absolute Gasteiger partial charge is 0.355 e. The molecule has 0 aromatic heterocycles. The molecule has 0 unspecified atom stereocenters. The quantitative estimate of drug-likeness (QED) is 0.761. The first kappa shape index (κ1) is 10.0. The molecule has 0 radical (unpaired) electrons. The maximum absolute atomic E-state index is 4.29. The number of hydrogen-bond donors (Lipinski definition) is 2. The van der Waals surface area contributed by atoms with E-state index in [0.717, 1.165) is 25.6 Å². The molecule has 0 fully saturated rings. The molecule has 0 spiro atoms. The van der Waals surface area contributed by atoms with E-state index in [2.05, 4.69) is 47.7 Å². The van der Waals surface area contributed by atoms with Gasteiger partial charge in [0, 0.05) is 13.1 Å². The van der Waals surface area contributed by atoms with E-state index in [1.54, 1.807) is 0 Å². The second-order valence-electron chi connectivity index (χ2n) is 4.01. The molecule has 2 rings (SSSR count). The number of nitrogens with zero attached hydrogens (tertiary/aromatic N) is 1. The third kappa shape index (κ3) is 2.72. The van der Waals surface area contributed by atoms with Crippen molar-refractivity contribution in [3.8, 4) is 0 Å². The molecule has 3 heteroatoms. The molecule has 1 aromatic rings. The zero-order valence-electron chi connectivity index (χ0n) is 9.30. The van der Waals surface area contributed by atoms with Gasteiger partial charge in [-0.25, -0.2) is 0 Å². The van der Waals surface area contributed by atoms with Crippen LogP contribution in [0.1, 0.15) is 16.7 Å². The normalized spacial score (nSPS) is 14.7. The molecule has 0 amide bonds. The topological polar surface area (TPSA) is 36.4 Å². The Bertz CT molecular complexity index is 362. The summed E-state index contributed by atoms with van der Waals surface area (Å²) >= 11 is 0. The highest BCUT2D eigenvalue weighted by Crippen LogP contribution is 2.08. The van der Waals surface area contributed by atoms with Gasteiger partial charge in [-0.1, -0.05) is 29.3 Å². The maximum atomic E-state index is 4.29. The van der Waals surface area contributed by atoms with Gasteiger partial charge in [0.25, 0.3) is 0 Å². The lowest BCUT2D eigenvalue weighted by Crippen LogP contribution is -2.33. The SMILES string of the molecule is Cc1cc(C)cc(CNC2=NCCN2)c1. The molecule has 0 bridgehead atoms. The van der Waals surface area contributed by atoms with Crippen molar-refractivity contribution in [2.24, 2.45) is 4.99 Å². The van der Waals surface area contributed by atoms with Gasteiger partial charge in [0.15, 0.2) is 5.96 Å². The van der Waals surface area contributed by atoms with Crippen LogP contribution in [0.15, 0.2) is 23.2 Å². The summed E-state index contributed by atoms with van der Waals surface area (Å²) in [6.07, 6.45) is 0. The molecule has 0 saturated heterocycles. The van der Waals surface area contributed by atoms with E-state index in [4.69, 9.17) is 0 Å². The predicted molar refractivity (Wildman–Crippen MR) is 63.1 cm³/mol. The van der Waals surface area contributed by atoms with Crippen molar-refractivity contribution < 1.29 is 0 Å². The van der Waals surface area contributed by atoms with Crippen molar-refractivity contribution in [3.63, 3.8) is 0 Å². The van der Waals surface area contributed by atoms with Crippen LogP contribution in [0.5, 0.6) is 0 Å². The Morgan fingerprint density at radius 3 is 2.60 bits per heavy atom. The van der Waals surface area contributed by atoms with Crippen LogP contribution < -0.4 is 10.6 Å². The molecule has 1 aromatic carbocycles. The highest BCUT2D eigenvalue weighted by Gasteiger charge is 2.03. The van der Waals surface area contributed by atoms with Crippen molar-refractivity contribution in [2.75, 3.05) is 13.1 Å². The van der Waals surface area contributed by atoms with Crippen LogP contribution in [0.25, 0.3) is 0 Å². The fourth-order valence-corrected chi connectivity index (χ4v) is 1.87. The number of aliphatic imine (C=N–C) groups is 1. The molecule has 0 atom stereocenters. The van der Waals surface area contributed by atoms with Crippen LogP contribution in [0.4, 0.5) is 0 Å². The molecular weight excluding hydrogens is 186 g/mol. The Kier molecular flexibility index (Phi) is 2.90. The number of aryl methyl sites for hydroxylation is 2. The van der Waals surface area contributed by atoms with Crippen molar-refractivity contribution in [1.82, 2.24) is 10.6 Å². The summed E-state index contributed by atoms with van der Waals surface area (Å²) < 4.78 is 0. The minimum atomic E-state index is 0.842. The van der Waals surface area contributed by atoms with Gasteiger partial charge >= 0.3 is 0 Å². The number of rotatable bonds is 2. The van der Waals surface area contributed by atoms with Gasteiger partial charge < -0.3 is 10.6 Å². The monoisotopic (exact) mass is 203 g/mol. The summed E-state index contributed by atoms with van der Waals surface area (Å²) in [7, 11) is 0. The fourth-order valence-electron chi connectivity index (χ4n) is 1.87. The molecule has 0 aliphatic carbocycles. The first-order valence-electron chi connectivity index (χ1n) is 5.33. The summed E-state index contributed by atoms with van der Waals surface area (Å²) in [5.41, 5.74) is 3.94. The summed E-state index contributed by atoms with van der Waals surface area (Å²) in [6.45, 7) is 6.93. The lowest BCUT2D eigenvalue weighted by molar-refractivity contribution is 0.865. The van der Waals surface area contributed by atoms with Crippen LogP contribution >= 0.6 is 0 Å². The molecular formula is C12H17N3. The highest BCUT2D eigenvalue weighted by molar-refractivity contribution is 5.81. The van der Waals surface area contributed by atoms with E-state index >= 15 is 0 Å². The lowest BCUT2D eigenvalue weighted by Gasteiger charge is -2.08. The van der Waals surface area contributed by atoms with E-state index in [9.17, 15) is 0 Å². The molecule has 80 valence electrons. The fraction of sp³-hybridized carbons (Fsp3) is 0.417. The number of nitrogens with one attached hydrogen (secondary N) is 2. The molecule has 1 aliphatic rings. The second kappa shape index (κ2) is 4.34. The number of guanidine groups is 1. The van der Waals surface area contributed by atoms with E-state index in [0.29, 0.717) is 0 Å². The summed E-state index contributed by atoms with van der Waals surface area (Å²) in [6, 6.07) is 6.60. The molecule has 1 aliphatic heterocycles. The maximum Gasteiger partial charge on any atom is 0.191 e. The van der Waals surface area contributed by atoms with Gasteiger partial charge in [-0.15, -0.1) is 0 Å². The van der Waals surface area contributed by atoms with Gasteiger partial charge in [0.1, 0.15) is 0 Å². The molecule has 2 N–H and O–H groups in total. The summed E-state index contributed by atoms with van der Waals surface area (Å²) in [5, 5.41) is 6.49. The molecule has 15 heavy (non-hydrogen) atoms. The van der Waals surface area contributed by atoms with Crippen molar-refractivity contribution in [3.05, 3.63) is 34.9 Å². The summed E-state index contributed by atoms with van der Waals surface area (Å²) in [5.74, 6) is 0.925. The minimum Gasteiger partial charge on any atom is -0.355 e. The van der Waals surface area contributed by atoms with E-state index in [1.165, 1.54) is 16.7 Å². The Morgan fingerprint density at radius 1 is 1.27 bits per heavy atom. The first-order chi connectivity index (χ1) is 7.24. The first-order valence-corrected chi connectivity index (χ1v) is 5.33. The zero-order valence-corrected chi connectivity index (χ0v) is 9.30. The van der Waals surface area contributed by atoms with Crippen LogP contribution in [-0.2, 0) is 6.54 Å². The Balaban J connectivity index is 1.98. The molecule has 0 saturated carbocycles. The van der Waals surface area contributed by atoms with E-state index in [-0.39, 0.29) is 0 Å². The molecule has 1 heterocycles. The number of hydrogen-bond acceptors (Lipinski definition) is 3. The number of benzene rings is 1. The molecule has 3 nitrogen and oxygen atoms in total. The highest BCUT2D eigenvalue weighted by atomic mass is 15.2. The van der Waals surface area contributed by atoms with Gasteiger partial charge in [0.2, 0.25) is 0 Å². The summed E-state index contributed by atoms with van der Waals surface area (Å²) in [4.78, 5) is 4.29. The lowest BCUT2D eigenvalue weighted by atomic mass is 10.1. The van der Waals surface area contributed by atoms with Gasteiger partial charge in [0.05, 0.1) is 6.54 Å².